The molecule has 0 amide bonds. The van der Waals surface area contributed by atoms with Gasteiger partial charge < -0.3 is 5.32 Å². The average molecular weight is 237 g/mol. The highest BCUT2D eigenvalue weighted by molar-refractivity contribution is 4.96. The third-order valence-corrected chi connectivity index (χ3v) is 4.50. The smallest absolute Gasteiger partial charge is 0.0129 e. The first-order valence-electron chi connectivity index (χ1n) is 7.16. The molecule has 1 unspecified atom stereocenters. The number of rotatable bonds is 4. The normalized spacial score (nSPS) is 27.8. The van der Waals surface area contributed by atoms with E-state index >= 15 is 0 Å². The van der Waals surface area contributed by atoms with Crippen LogP contribution in [0.4, 0.5) is 0 Å². The molecule has 0 heterocycles. The van der Waals surface area contributed by atoms with Crippen molar-refractivity contribution in [3.8, 4) is 0 Å². The number of hydrogen-bond acceptors (Lipinski definition) is 1. The van der Waals surface area contributed by atoms with Gasteiger partial charge >= 0.3 is 0 Å². The van der Waals surface area contributed by atoms with Gasteiger partial charge in [0, 0.05) is 6.04 Å². The van der Waals surface area contributed by atoms with E-state index in [2.05, 4.69) is 46.6 Å². The molecule has 1 fully saturated rings. The highest BCUT2D eigenvalue weighted by atomic mass is 14.9. The van der Waals surface area contributed by atoms with Crippen molar-refractivity contribution in [3.05, 3.63) is 12.2 Å². The van der Waals surface area contributed by atoms with Gasteiger partial charge in [0.1, 0.15) is 0 Å². The third kappa shape index (κ3) is 4.46. The van der Waals surface area contributed by atoms with Crippen molar-refractivity contribution in [2.45, 2.75) is 65.8 Å². The topological polar surface area (TPSA) is 12.0 Å². The Bertz CT molecular complexity index is 241. The van der Waals surface area contributed by atoms with Crippen molar-refractivity contribution < 1.29 is 0 Å². The molecule has 1 aliphatic rings. The van der Waals surface area contributed by atoms with Crippen LogP contribution >= 0.6 is 0 Å². The van der Waals surface area contributed by atoms with Crippen LogP contribution in [0.15, 0.2) is 12.2 Å². The fourth-order valence-electron chi connectivity index (χ4n) is 3.27. The van der Waals surface area contributed by atoms with Crippen LogP contribution < -0.4 is 5.32 Å². The van der Waals surface area contributed by atoms with Crippen molar-refractivity contribution in [2.24, 2.45) is 17.3 Å². The maximum absolute atomic E-state index is 4.05. The molecule has 1 heteroatoms. The van der Waals surface area contributed by atoms with Crippen molar-refractivity contribution in [3.63, 3.8) is 0 Å². The Balaban J connectivity index is 2.47. The fourth-order valence-corrected chi connectivity index (χ4v) is 3.27. The van der Waals surface area contributed by atoms with E-state index in [4.69, 9.17) is 0 Å². The summed E-state index contributed by atoms with van der Waals surface area (Å²) in [5, 5.41) is 3.50. The SMILES string of the molecule is C=C(C)CC(NC)C1CCC(C(C)(C)C)CC1. The highest BCUT2D eigenvalue weighted by Crippen LogP contribution is 2.41. The van der Waals surface area contributed by atoms with Crippen LogP contribution in [0, 0.1) is 17.3 Å². The Kier molecular flexibility index (Phi) is 5.24. The van der Waals surface area contributed by atoms with Gasteiger partial charge in [-0.1, -0.05) is 26.3 Å². The van der Waals surface area contributed by atoms with Crippen LogP contribution in [-0.2, 0) is 0 Å². The molecule has 0 spiro atoms. The van der Waals surface area contributed by atoms with Gasteiger partial charge in [-0.05, 0) is 63.3 Å². The van der Waals surface area contributed by atoms with Gasteiger partial charge in [-0.15, -0.1) is 6.58 Å². The van der Waals surface area contributed by atoms with Crippen LogP contribution in [0.25, 0.3) is 0 Å². The summed E-state index contributed by atoms with van der Waals surface area (Å²) in [6.07, 6.45) is 6.73. The minimum atomic E-state index is 0.495. The van der Waals surface area contributed by atoms with Gasteiger partial charge in [0.2, 0.25) is 0 Å². The summed E-state index contributed by atoms with van der Waals surface area (Å²) in [4.78, 5) is 0. The Morgan fingerprint density at radius 2 is 1.76 bits per heavy atom. The number of nitrogens with one attached hydrogen (secondary N) is 1. The minimum Gasteiger partial charge on any atom is -0.316 e. The van der Waals surface area contributed by atoms with Gasteiger partial charge in [0.05, 0.1) is 0 Å². The molecule has 0 radical (unpaired) electrons. The van der Waals surface area contributed by atoms with Crippen molar-refractivity contribution in [1.29, 1.82) is 0 Å². The lowest BCUT2D eigenvalue weighted by atomic mass is 9.68. The molecule has 0 aromatic carbocycles. The zero-order valence-electron chi connectivity index (χ0n) is 12.5. The molecule has 1 N–H and O–H groups in total. The standard InChI is InChI=1S/C16H31N/c1-12(2)11-15(17-6)13-7-9-14(10-8-13)16(3,4)5/h13-15,17H,1,7-11H2,2-6H3. The molecule has 1 rings (SSSR count). The van der Waals surface area contributed by atoms with E-state index in [9.17, 15) is 0 Å². The molecule has 0 saturated heterocycles. The van der Waals surface area contributed by atoms with Crippen LogP contribution in [0.2, 0.25) is 0 Å². The Morgan fingerprint density at radius 3 is 2.12 bits per heavy atom. The molecule has 1 nitrogen and oxygen atoms in total. The van der Waals surface area contributed by atoms with Crippen LogP contribution in [-0.4, -0.2) is 13.1 Å². The van der Waals surface area contributed by atoms with Crippen molar-refractivity contribution in [2.75, 3.05) is 7.05 Å². The summed E-state index contributed by atoms with van der Waals surface area (Å²) in [6, 6.07) is 0.647. The Morgan fingerprint density at radius 1 is 1.24 bits per heavy atom. The molecular weight excluding hydrogens is 206 g/mol. The molecule has 100 valence electrons. The lowest BCUT2D eigenvalue weighted by molar-refractivity contribution is 0.134. The van der Waals surface area contributed by atoms with Crippen LogP contribution in [0.5, 0.6) is 0 Å². The summed E-state index contributed by atoms with van der Waals surface area (Å²) < 4.78 is 0. The lowest BCUT2D eigenvalue weighted by Crippen LogP contribution is -2.37. The molecule has 1 saturated carbocycles. The average Bonchev–Trinajstić information content (AvgIpc) is 2.24. The van der Waals surface area contributed by atoms with Gasteiger partial charge in [-0.2, -0.15) is 0 Å². The summed E-state index contributed by atoms with van der Waals surface area (Å²) in [5.74, 6) is 1.77. The fraction of sp³-hybridized carbons (Fsp3) is 0.875. The molecule has 0 aromatic rings. The molecule has 0 bridgehead atoms. The number of hydrogen-bond donors (Lipinski definition) is 1. The molecular formula is C16H31N. The lowest BCUT2D eigenvalue weighted by Gasteiger charge is -2.39. The van der Waals surface area contributed by atoms with E-state index in [1.165, 1.54) is 31.3 Å². The first-order valence-corrected chi connectivity index (χ1v) is 7.16. The quantitative estimate of drug-likeness (QED) is 0.715. The largest absolute Gasteiger partial charge is 0.316 e. The van der Waals surface area contributed by atoms with Gasteiger partial charge in [-0.25, -0.2) is 0 Å². The monoisotopic (exact) mass is 237 g/mol. The molecule has 17 heavy (non-hydrogen) atoms. The zero-order valence-corrected chi connectivity index (χ0v) is 12.5. The Labute approximate surface area is 108 Å². The maximum Gasteiger partial charge on any atom is 0.0129 e. The predicted octanol–water partition coefficient (Wildman–Crippen LogP) is 4.39. The minimum absolute atomic E-state index is 0.495. The van der Waals surface area contributed by atoms with E-state index in [1.54, 1.807) is 0 Å². The third-order valence-electron chi connectivity index (χ3n) is 4.50. The first kappa shape index (κ1) is 14.8. The second-order valence-electron chi connectivity index (χ2n) is 7.03. The van der Waals surface area contributed by atoms with E-state index in [0.717, 1.165) is 18.3 Å². The molecule has 1 aliphatic carbocycles. The van der Waals surface area contributed by atoms with E-state index in [-0.39, 0.29) is 0 Å². The van der Waals surface area contributed by atoms with E-state index in [0.29, 0.717) is 11.5 Å². The van der Waals surface area contributed by atoms with Gasteiger partial charge in [0.25, 0.3) is 0 Å². The molecule has 1 atom stereocenters. The van der Waals surface area contributed by atoms with Crippen LogP contribution in [0.3, 0.4) is 0 Å². The summed E-state index contributed by atoms with van der Waals surface area (Å²) >= 11 is 0. The first-order chi connectivity index (χ1) is 7.84. The summed E-state index contributed by atoms with van der Waals surface area (Å²) in [6.45, 7) is 13.4. The van der Waals surface area contributed by atoms with E-state index < -0.39 is 0 Å². The highest BCUT2D eigenvalue weighted by Gasteiger charge is 2.32. The van der Waals surface area contributed by atoms with Gasteiger partial charge in [-0.3, -0.25) is 0 Å². The maximum atomic E-state index is 4.05. The van der Waals surface area contributed by atoms with Gasteiger partial charge in [0.15, 0.2) is 0 Å². The second kappa shape index (κ2) is 6.04. The zero-order chi connectivity index (χ0) is 13.1. The predicted molar refractivity (Wildman–Crippen MR) is 77.2 cm³/mol. The van der Waals surface area contributed by atoms with Crippen molar-refractivity contribution in [1.82, 2.24) is 5.32 Å². The second-order valence-corrected chi connectivity index (χ2v) is 7.03. The molecule has 0 aliphatic heterocycles. The summed E-state index contributed by atoms with van der Waals surface area (Å²) in [7, 11) is 2.10. The molecule has 0 aromatic heterocycles. The summed E-state index contributed by atoms with van der Waals surface area (Å²) in [5.41, 5.74) is 1.80. The Hall–Kier alpha value is -0.300. The van der Waals surface area contributed by atoms with E-state index in [1.807, 2.05) is 0 Å². The van der Waals surface area contributed by atoms with Crippen LogP contribution in [0.1, 0.15) is 59.8 Å². The van der Waals surface area contributed by atoms with Crippen molar-refractivity contribution >= 4 is 0 Å².